The van der Waals surface area contributed by atoms with E-state index in [4.69, 9.17) is 15.2 Å². The molecule has 1 spiro atoms. The van der Waals surface area contributed by atoms with Crippen LogP contribution in [0.3, 0.4) is 0 Å². The van der Waals surface area contributed by atoms with Crippen LogP contribution in [0.4, 0.5) is 5.69 Å². The average Bonchev–Trinajstić information content (AvgIpc) is 3.00. The second-order valence-electron chi connectivity index (χ2n) is 7.98. The van der Waals surface area contributed by atoms with Gasteiger partial charge in [-0.3, -0.25) is 9.59 Å². The summed E-state index contributed by atoms with van der Waals surface area (Å²) in [6.45, 7) is 6.52. The average molecular weight is 437 g/mol. The van der Waals surface area contributed by atoms with E-state index in [0.29, 0.717) is 30.0 Å². The van der Waals surface area contributed by atoms with Gasteiger partial charge in [0.25, 0.3) is 5.56 Å². The van der Waals surface area contributed by atoms with E-state index in [1.54, 1.807) is 34.6 Å². The third-order valence-corrected chi connectivity index (χ3v) is 6.29. The second kappa shape index (κ2) is 7.85. The molecule has 1 atom stereocenters. The quantitative estimate of drug-likeness (QED) is 0.720. The molecule has 32 heavy (non-hydrogen) atoms. The molecule has 2 aliphatic heterocycles. The zero-order chi connectivity index (χ0) is 23.2. The molecule has 0 saturated heterocycles. The van der Waals surface area contributed by atoms with Gasteiger partial charge in [-0.2, -0.15) is 0 Å². The molecule has 0 bridgehead atoms. The monoisotopic (exact) mass is 437 g/mol. The number of aryl methyl sites for hydroxylation is 1. The Labute approximate surface area is 186 Å². The first kappa shape index (κ1) is 21.7. The van der Waals surface area contributed by atoms with Gasteiger partial charge < -0.3 is 24.7 Å². The lowest BCUT2D eigenvalue weighted by Gasteiger charge is -2.35. The van der Waals surface area contributed by atoms with Crippen molar-refractivity contribution in [2.45, 2.75) is 45.6 Å². The predicted molar refractivity (Wildman–Crippen MR) is 119 cm³/mol. The van der Waals surface area contributed by atoms with E-state index < -0.39 is 22.9 Å². The molecule has 1 aromatic carbocycles. The Kier molecular flexibility index (Phi) is 5.32. The molecule has 0 radical (unpaired) electrons. The highest BCUT2D eigenvalue weighted by Crippen LogP contribution is 2.54. The maximum absolute atomic E-state index is 14.2. The first-order chi connectivity index (χ1) is 15.3. The molecule has 2 N–H and O–H groups in total. The Morgan fingerprint density at radius 1 is 1.22 bits per heavy atom. The van der Waals surface area contributed by atoms with Gasteiger partial charge >= 0.3 is 5.97 Å². The zero-order valence-corrected chi connectivity index (χ0v) is 18.7. The molecule has 2 aromatic rings. The van der Waals surface area contributed by atoms with Gasteiger partial charge in [-0.15, -0.1) is 0 Å². The number of carbonyl (C=O) groups excluding carboxylic acids is 2. The smallest absolute Gasteiger partial charge is 0.340 e. The van der Waals surface area contributed by atoms with Crippen LogP contribution in [-0.4, -0.2) is 30.1 Å². The van der Waals surface area contributed by atoms with Gasteiger partial charge in [0.1, 0.15) is 16.7 Å². The van der Waals surface area contributed by atoms with Crippen molar-refractivity contribution in [2.75, 3.05) is 18.6 Å². The van der Waals surface area contributed by atoms with Gasteiger partial charge in [0, 0.05) is 36.1 Å². The van der Waals surface area contributed by atoms with Crippen LogP contribution in [-0.2, 0) is 26.3 Å². The summed E-state index contributed by atoms with van der Waals surface area (Å²) < 4.78 is 12.4. The summed E-state index contributed by atoms with van der Waals surface area (Å²) in [5, 5.41) is 0. The molecule has 3 heterocycles. The number of rotatable bonds is 5. The second-order valence-corrected chi connectivity index (χ2v) is 7.98. The number of fused-ring (bicyclic) bond motifs is 4. The number of amides is 1. The first-order valence-corrected chi connectivity index (χ1v) is 10.8. The van der Waals surface area contributed by atoms with Crippen LogP contribution < -0.4 is 20.9 Å². The topological polar surface area (TPSA) is 104 Å². The van der Waals surface area contributed by atoms with Crippen molar-refractivity contribution in [1.29, 1.82) is 0 Å². The van der Waals surface area contributed by atoms with Crippen LogP contribution in [0.5, 0.6) is 5.75 Å². The number of nitrogens with zero attached hydrogens (tertiary/aromatic N) is 2. The van der Waals surface area contributed by atoms with E-state index in [9.17, 15) is 14.4 Å². The molecule has 4 rings (SSSR count). The van der Waals surface area contributed by atoms with Gasteiger partial charge in [0.2, 0.25) is 11.8 Å². The van der Waals surface area contributed by atoms with Gasteiger partial charge in [0.15, 0.2) is 0 Å². The van der Waals surface area contributed by atoms with Crippen molar-refractivity contribution in [3.8, 4) is 5.75 Å². The molecule has 0 saturated carbocycles. The number of esters is 1. The lowest BCUT2D eigenvalue weighted by atomic mass is 9.68. The molecule has 1 amide bonds. The number of ether oxygens (including phenoxy) is 2. The lowest BCUT2D eigenvalue weighted by molar-refractivity contribution is -0.138. The van der Waals surface area contributed by atoms with Gasteiger partial charge in [-0.05, 0) is 26.3 Å². The molecular weight excluding hydrogens is 410 g/mol. The fourth-order valence-corrected chi connectivity index (χ4v) is 4.87. The number of hydrogen-bond donors (Lipinski definition) is 1. The Hall–Kier alpha value is -3.55. The summed E-state index contributed by atoms with van der Waals surface area (Å²) in [5.74, 6) is -1.26. The summed E-state index contributed by atoms with van der Waals surface area (Å²) in [6, 6.07) is 8.89. The van der Waals surface area contributed by atoms with Crippen LogP contribution in [0.1, 0.15) is 43.5 Å². The molecular formula is C24H27N3O5. The van der Waals surface area contributed by atoms with Crippen molar-refractivity contribution in [3.05, 3.63) is 69.0 Å². The Bertz CT molecular complexity index is 1210. The Morgan fingerprint density at radius 2 is 1.94 bits per heavy atom. The van der Waals surface area contributed by atoms with E-state index in [1.165, 1.54) is 7.11 Å². The number of para-hydroxylation sites is 1. The number of carbonyl (C=O) groups is 2. The highest BCUT2D eigenvalue weighted by molar-refractivity contribution is 6.18. The minimum atomic E-state index is -1.74. The van der Waals surface area contributed by atoms with Crippen LogP contribution in [0.2, 0.25) is 0 Å². The van der Waals surface area contributed by atoms with Crippen LogP contribution in [0, 0.1) is 6.92 Å². The molecule has 8 heteroatoms. The van der Waals surface area contributed by atoms with Crippen LogP contribution >= 0.6 is 0 Å². The summed E-state index contributed by atoms with van der Waals surface area (Å²) >= 11 is 0. The molecule has 168 valence electrons. The van der Waals surface area contributed by atoms with Crippen molar-refractivity contribution in [1.82, 2.24) is 4.57 Å². The minimum absolute atomic E-state index is 0.0935. The number of anilines is 1. The van der Waals surface area contributed by atoms with E-state index in [-0.39, 0.29) is 22.8 Å². The summed E-state index contributed by atoms with van der Waals surface area (Å²) in [4.78, 5) is 42.7. The van der Waals surface area contributed by atoms with Crippen molar-refractivity contribution < 1.29 is 19.1 Å². The molecule has 1 unspecified atom stereocenters. The number of pyridine rings is 1. The van der Waals surface area contributed by atoms with E-state index in [2.05, 4.69) is 0 Å². The lowest BCUT2D eigenvalue weighted by Crippen LogP contribution is -2.52. The summed E-state index contributed by atoms with van der Waals surface area (Å²) in [6.07, 6.45) is 1.64. The number of unbranched alkanes of at least 4 members (excludes halogenated alkanes) is 1. The van der Waals surface area contributed by atoms with Crippen molar-refractivity contribution in [2.24, 2.45) is 5.73 Å². The Morgan fingerprint density at radius 3 is 2.59 bits per heavy atom. The number of hydrogen-bond acceptors (Lipinski definition) is 6. The molecule has 0 fully saturated rings. The maximum atomic E-state index is 14.2. The third-order valence-electron chi connectivity index (χ3n) is 6.29. The first-order valence-electron chi connectivity index (χ1n) is 10.8. The zero-order valence-electron chi connectivity index (χ0n) is 18.7. The van der Waals surface area contributed by atoms with E-state index in [0.717, 1.165) is 12.8 Å². The fraction of sp³-hybridized carbons (Fsp3) is 0.375. The molecule has 1 aromatic heterocycles. The van der Waals surface area contributed by atoms with Crippen molar-refractivity contribution in [3.63, 3.8) is 0 Å². The number of methoxy groups -OCH3 is 1. The molecule has 8 nitrogen and oxygen atoms in total. The molecule has 2 aliphatic rings. The van der Waals surface area contributed by atoms with Gasteiger partial charge in [0.05, 0.1) is 12.7 Å². The SMILES string of the molecule is CCCCN1C(=O)C2(C(C(=O)OC)=C(N)Oc3cc(C)n(CC)c(=O)c32)c2ccccc21. The minimum Gasteiger partial charge on any atom is -0.465 e. The highest BCUT2D eigenvalue weighted by Gasteiger charge is 2.62. The van der Waals surface area contributed by atoms with E-state index in [1.807, 2.05) is 26.0 Å². The predicted octanol–water partition coefficient (Wildman–Crippen LogP) is 2.35. The summed E-state index contributed by atoms with van der Waals surface area (Å²) in [5.41, 5.74) is 5.88. The normalized spacial score (nSPS) is 19.1. The maximum Gasteiger partial charge on any atom is 0.340 e. The Balaban J connectivity index is 2.17. The van der Waals surface area contributed by atoms with Crippen LogP contribution in [0.15, 0.2) is 46.6 Å². The van der Waals surface area contributed by atoms with Crippen molar-refractivity contribution >= 4 is 17.6 Å². The fourth-order valence-electron chi connectivity index (χ4n) is 4.87. The summed E-state index contributed by atoms with van der Waals surface area (Å²) in [7, 11) is 1.21. The standard InChI is InChI=1S/C24H27N3O5/c1-5-7-12-27-16-11-9-8-10-15(16)24(23(27)30)18-17(13-14(3)26(6-2)21(18)28)32-20(25)19(24)22(29)31-4/h8-11,13H,5-7,12,25H2,1-4H3. The molecule has 0 aliphatic carbocycles. The van der Waals surface area contributed by atoms with E-state index >= 15 is 0 Å². The van der Waals surface area contributed by atoms with Gasteiger partial charge in [-0.1, -0.05) is 31.5 Å². The van der Waals surface area contributed by atoms with Gasteiger partial charge in [-0.25, -0.2) is 4.79 Å². The number of nitrogens with two attached hydrogens (primary N) is 1. The number of benzene rings is 1. The number of aromatic nitrogens is 1. The largest absolute Gasteiger partial charge is 0.465 e. The highest BCUT2D eigenvalue weighted by atomic mass is 16.5. The van der Waals surface area contributed by atoms with Crippen LogP contribution in [0.25, 0.3) is 0 Å². The third kappa shape index (κ3) is 2.71.